The molecule has 4 heterocycles. The first-order chi connectivity index (χ1) is 41.4. The Morgan fingerprint density at radius 3 is 1.08 bits per heavy atom. The maximum absolute atomic E-state index is 11.4. The quantitative estimate of drug-likeness (QED) is 0.0178. The molecule has 448 valence electrons. The number of ether oxygens (including phenoxy) is 1. The molecule has 0 radical (unpaired) electrons. The van der Waals surface area contributed by atoms with Crippen LogP contribution in [0.15, 0.2) is 190 Å². The van der Waals surface area contributed by atoms with Crippen molar-refractivity contribution in [1.82, 2.24) is 43.0 Å². The minimum Gasteiger partial charge on any atom is -0.478 e. The Morgan fingerprint density at radius 1 is 0.465 bits per heavy atom. The highest BCUT2D eigenvalue weighted by molar-refractivity contribution is 7.80. The van der Waals surface area contributed by atoms with E-state index in [2.05, 4.69) is 113 Å². The van der Waals surface area contributed by atoms with Crippen LogP contribution in [0.25, 0.3) is 45.3 Å². The van der Waals surface area contributed by atoms with Crippen molar-refractivity contribution in [3.63, 3.8) is 0 Å². The van der Waals surface area contributed by atoms with Gasteiger partial charge in [-0.1, -0.05) is 99.6 Å². The van der Waals surface area contributed by atoms with Crippen molar-refractivity contribution in [2.45, 2.75) is 47.0 Å². The number of carboxylic acid groups (broad SMARTS) is 1. The van der Waals surface area contributed by atoms with Gasteiger partial charge in [0.1, 0.15) is 46.1 Å². The second kappa shape index (κ2) is 35.5. The summed E-state index contributed by atoms with van der Waals surface area (Å²) in [5, 5.41) is 38.2. The number of esters is 1. The number of furan rings is 4. The highest BCUT2D eigenvalue weighted by atomic mass is 32.1. The molecule has 0 aliphatic rings. The average molecular weight is 1240 g/mol. The summed E-state index contributed by atoms with van der Waals surface area (Å²) >= 11 is 19.9. The smallest absolute Gasteiger partial charge is 0.337 e. The van der Waals surface area contributed by atoms with Crippen LogP contribution in [0.5, 0.6) is 0 Å². The van der Waals surface area contributed by atoms with Gasteiger partial charge in [-0.3, -0.25) is 21.7 Å². The molecular formula is C62H68N12O8S4. The fraction of sp³-hybridized carbons (Fsp3) is 0.194. The number of nitrogens with one attached hydrogen (secondary N) is 8. The highest BCUT2D eigenvalue weighted by Gasteiger charge is 2.14. The first-order valence-corrected chi connectivity index (χ1v) is 28.4. The number of hydrogen-bond acceptors (Lipinski definition) is 15. The zero-order valence-corrected chi connectivity index (χ0v) is 51.9. The van der Waals surface area contributed by atoms with Crippen LogP contribution in [0.1, 0.15) is 90.9 Å². The summed E-state index contributed by atoms with van der Waals surface area (Å²) in [6.07, 6.45) is 6.24. The molecule has 0 aliphatic heterocycles. The van der Waals surface area contributed by atoms with Crippen molar-refractivity contribution in [1.29, 1.82) is 0 Å². The van der Waals surface area contributed by atoms with Gasteiger partial charge in [0, 0.05) is 48.9 Å². The number of hydrazone groups is 4. The van der Waals surface area contributed by atoms with Crippen molar-refractivity contribution >= 4 is 106 Å². The minimum absolute atomic E-state index is 0.149. The lowest BCUT2D eigenvalue weighted by atomic mass is 9.86. The maximum Gasteiger partial charge on any atom is 0.337 e. The van der Waals surface area contributed by atoms with Crippen LogP contribution in [0.2, 0.25) is 0 Å². The Balaban J connectivity index is 0.000000210. The Kier molecular flexibility index (Phi) is 27.7. The molecule has 9 N–H and O–H groups in total. The monoisotopic (exact) mass is 1240 g/mol. The van der Waals surface area contributed by atoms with Crippen molar-refractivity contribution in [3.8, 4) is 45.3 Å². The molecule has 0 bridgehead atoms. The molecule has 8 aromatic rings. The summed E-state index contributed by atoms with van der Waals surface area (Å²) < 4.78 is 27.4. The maximum atomic E-state index is 11.4. The first kappa shape index (κ1) is 67.2. The molecule has 0 fully saturated rings. The molecule has 86 heavy (non-hydrogen) atoms. The summed E-state index contributed by atoms with van der Waals surface area (Å²) in [6.45, 7) is 14.8. The second-order valence-corrected chi connectivity index (χ2v) is 20.2. The van der Waals surface area contributed by atoms with Gasteiger partial charge in [0.15, 0.2) is 20.4 Å². The molecule has 0 aliphatic carbocycles. The van der Waals surface area contributed by atoms with E-state index in [-0.39, 0.29) is 16.9 Å². The van der Waals surface area contributed by atoms with Crippen LogP contribution in [-0.4, -0.2) is 96.1 Å². The van der Waals surface area contributed by atoms with E-state index in [1.165, 1.54) is 37.2 Å². The zero-order chi connectivity index (χ0) is 62.3. The molecule has 0 saturated heterocycles. The summed E-state index contributed by atoms with van der Waals surface area (Å²) in [7, 11) is 3.04. The Morgan fingerprint density at radius 2 is 0.779 bits per heavy atom. The number of nitrogens with zero attached hydrogens (tertiary/aromatic N) is 4. The van der Waals surface area contributed by atoms with E-state index in [0.717, 1.165) is 53.4 Å². The predicted octanol–water partition coefficient (Wildman–Crippen LogP) is 11.5. The Bertz CT molecular complexity index is 3570. The SMILES string of the molecule is CCNC(=S)N/N=C/c1ccc(-c2ccc(C(=O)OC)cc2)o1.CCNC(=S)N/N=C/c1ccc(-c2ccc(C(C)(C)C)cc2)o1.CCNC(=S)N/N=C/c1ccc(-c2ccccc2)o1.CNC(=S)N/N=C/c1ccc(-c2ccc(C(=O)O)cc2)o1. The van der Waals surface area contributed by atoms with Gasteiger partial charge in [-0.05, 0) is 153 Å². The number of carbonyl (C=O) groups excluding carboxylic acids is 1. The van der Waals surface area contributed by atoms with Gasteiger partial charge in [-0.15, -0.1) is 0 Å². The molecule has 0 unspecified atom stereocenters. The van der Waals surface area contributed by atoms with E-state index in [4.69, 9.17) is 71.6 Å². The molecular weight excluding hydrogens is 1170 g/mol. The van der Waals surface area contributed by atoms with Gasteiger partial charge in [-0.2, -0.15) is 20.4 Å². The number of thiocarbonyl (C=S) groups is 4. The summed E-state index contributed by atoms with van der Waals surface area (Å²) in [5.74, 6) is 4.10. The normalized spacial score (nSPS) is 10.8. The average Bonchev–Trinajstić information content (AvgIpc) is 3.72. The van der Waals surface area contributed by atoms with E-state index in [1.807, 2.05) is 81.4 Å². The van der Waals surface area contributed by atoms with Crippen LogP contribution < -0.4 is 43.0 Å². The van der Waals surface area contributed by atoms with E-state index in [0.29, 0.717) is 60.6 Å². The minimum atomic E-state index is -0.958. The predicted molar refractivity (Wildman–Crippen MR) is 357 cm³/mol. The van der Waals surface area contributed by atoms with Crippen LogP contribution >= 0.6 is 48.9 Å². The number of hydrogen-bond donors (Lipinski definition) is 9. The van der Waals surface area contributed by atoms with Gasteiger partial charge in [0.25, 0.3) is 0 Å². The molecule has 20 nitrogen and oxygen atoms in total. The van der Waals surface area contributed by atoms with Crippen molar-refractivity contribution in [2.75, 3.05) is 33.8 Å². The molecule has 0 atom stereocenters. The molecule has 4 aromatic carbocycles. The van der Waals surface area contributed by atoms with Crippen LogP contribution in [0, 0.1) is 0 Å². The van der Waals surface area contributed by atoms with Crippen LogP contribution in [0.4, 0.5) is 0 Å². The van der Waals surface area contributed by atoms with Gasteiger partial charge >= 0.3 is 11.9 Å². The van der Waals surface area contributed by atoms with E-state index in [9.17, 15) is 9.59 Å². The lowest BCUT2D eigenvalue weighted by Crippen LogP contribution is -2.31. The molecule has 0 saturated carbocycles. The number of benzene rings is 4. The molecule has 0 amide bonds. The molecule has 0 spiro atoms. The summed E-state index contributed by atoms with van der Waals surface area (Å²) in [4.78, 5) is 22.2. The van der Waals surface area contributed by atoms with Crippen LogP contribution in [0.3, 0.4) is 0 Å². The van der Waals surface area contributed by atoms with Crippen molar-refractivity contribution in [2.24, 2.45) is 20.4 Å². The molecule has 8 rings (SSSR count). The third-order valence-corrected chi connectivity index (χ3v) is 12.3. The third kappa shape index (κ3) is 23.2. The van der Waals surface area contributed by atoms with E-state index < -0.39 is 5.97 Å². The number of carbonyl (C=O) groups is 2. The van der Waals surface area contributed by atoms with E-state index >= 15 is 0 Å². The van der Waals surface area contributed by atoms with Gasteiger partial charge in [0.2, 0.25) is 0 Å². The van der Waals surface area contributed by atoms with Crippen molar-refractivity contribution in [3.05, 3.63) is 191 Å². The Hall–Kier alpha value is -9.62. The van der Waals surface area contributed by atoms with Gasteiger partial charge in [-0.25, -0.2) is 9.59 Å². The second-order valence-electron chi connectivity index (χ2n) is 18.6. The van der Waals surface area contributed by atoms with Gasteiger partial charge in [0.05, 0.1) is 43.1 Å². The fourth-order valence-corrected chi connectivity index (χ4v) is 7.63. The third-order valence-electron chi connectivity index (χ3n) is 11.3. The number of methoxy groups -OCH3 is 1. The van der Waals surface area contributed by atoms with Gasteiger partial charge < -0.3 is 48.8 Å². The molecule has 24 heteroatoms. The number of carboxylic acids is 1. The molecule has 4 aromatic heterocycles. The van der Waals surface area contributed by atoms with Crippen molar-refractivity contribution < 1.29 is 37.1 Å². The van der Waals surface area contributed by atoms with Crippen LogP contribution in [-0.2, 0) is 10.2 Å². The lowest BCUT2D eigenvalue weighted by Gasteiger charge is -2.18. The highest BCUT2D eigenvalue weighted by Crippen LogP contribution is 2.28. The Labute approximate surface area is 521 Å². The summed E-state index contributed by atoms with van der Waals surface area (Å²) in [6, 6.07) is 46.5. The van der Waals surface area contributed by atoms with E-state index in [1.54, 1.807) is 74.1 Å². The largest absolute Gasteiger partial charge is 0.478 e. The number of rotatable bonds is 17. The summed E-state index contributed by atoms with van der Waals surface area (Å²) in [5.41, 5.74) is 16.7. The number of aromatic carboxylic acids is 1. The first-order valence-electron chi connectivity index (χ1n) is 26.7. The topological polar surface area (TPSA) is 262 Å². The lowest BCUT2D eigenvalue weighted by molar-refractivity contribution is 0.0599. The fourth-order valence-electron chi connectivity index (χ4n) is 6.99. The standard InChI is InChI=1S/C18H23N3OS.C16H17N3O3S.C14H13N3O3S.C14H15N3OS/c1-5-19-17(23)21-20-12-15-10-11-16(22-15)13-6-8-14(9-7-13)18(2,3)4;1-3-17-16(23)19-18-10-13-8-9-14(22-13)11-4-6-12(7-5-11)15(20)21-2;1-15-14(21)17-16-8-11-6-7-12(20-11)9-2-4-10(5-3-9)13(18)19;1-2-15-14(19)17-16-10-12-8-9-13(18-12)11-6-4-3-5-7-11/h6-12H,5H2,1-4H3,(H2,19,21,23);4-10H,3H2,1-2H3,(H2,17,19,23);2-8H,1H3,(H,18,19)(H2,15,17,21);3-10H,2H2,1H3,(H2,15,17,19)/b20-12+;18-10+;16-8+;16-10+. The zero-order valence-electron chi connectivity index (χ0n) is 48.6.